The first-order valence-electron chi connectivity index (χ1n) is 6.18. The Kier molecular flexibility index (Phi) is 5.02. The van der Waals surface area contributed by atoms with Crippen molar-refractivity contribution in [2.24, 2.45) is 0 Å². The van der Waals surface area contributed by atoms with Crippen LogP contribution in [0.5, 0.6) is 5.75 Å². The van der Waals surface area contributed by atoms with Gasteiger partial charge in [0.25, 0.3) is 0 Å². The van der Waals surface area contributed by atoms with E-state index in [9.17, 15) is 0 Å². The van der Waals surface area contributed by atoms with Crippen LogP contribution in [-0.4, -0.2) is 13.2 Å². The van der Waals surface area contributed by atoms with Crippen LogP contribution in [0.2, 0.25) is 15.1 Å². The van der Waals surface area contributed by atoms with Crippen LogP contribution in [0.15, 0.2) is 6.07 Å². The molecule has 0 saturated heterocycles. The molecule has 0 aromatic heterocycles. The van der Waals surface area contributed by atoms with Gasteiger partial charge in [-0.2, -0.15) is 0 Å². The fourth-order valence-electron chi connectivity index (χ4n) is 2.18. The molecule has 1 aliphatic heterocycles. The fraction of sp³-hybridized carbons (Fsp3) is 0.538. The molecular weight excluding hydrogens is 293 g/mol. The molecule has 1 aromatic carbocycles. The molecule has 2 rings (SSSR count). The van der Waals surface area contributed by atoms with Crippen molar-refractivity contribution >= 4 is 34.8 Å². The summed E-state index contributed by atoms with van der Waals surface area (Å²) in [5.74, 6) is 0.678. The van der Waals surface area contributed by atoms with Gasteiger partial charge < -0.3 is 10.1 Å². The highest BCUT2D eigenvalue weighted by atomic mass is 35.5. The molecule has 1 unspecified atom stereocenters. The highest BCUT2D eigenvalue weighted by molar-refractivity contribution is 6.44. The van der Waals surface area contributed by atoms with Crippen molar-refractivity contribution in [2.75, 3.05) is 13.2 Å². The van der Waals surface area contributed by atoms with Gasteiger partial charge in [-0.05, 0) is 31.9 Å². The maximum Gasteiger partial charge on any atom is 0.144 e. The van der Waals surface area contributed by atoms with E-state index in [0.717, 1.165) is 31.4 Å². The standard InChI is InChI=1S/C13H16Cl3NO/c1-2-5-17-10-4-3-6-18-13-9(15)7-8(14)12(16)11(10)13/h7,10,17H,2-6H2,1H3. The monoisotopic (exact) mass is 307 g/mol. The molecule has 0 saturated carbocycles. The Morgan fingerprint density at radius 3 is 2.83 bits per heavy atom. The summed E-state index contributed by atoms with van der Waals surface area (Å²) in [7, 11) is 0. The summed E-state index contributed by atoms with van der Waals surface area (Å²) in [5, 5.41) is 5.04. The molecule has 5 heteroatoms. The molecule has 18 heavy (non-hydrogen) atoms. The number of nitrogens with one attached hydrogen (secondary N) is 1. The molecule has 1 aliphatic rings. The lowest BCUT2D eigenvalue weighted by Gasteiger charge is -2.20. The van der Waals surface area contributed by atoms with Crippen molar-refractivity contribution in [1.82, 2.24) is 5.32 Å². The average Bonchev–Trinajstić information content (AvgIpc) is 2.56. The van der Waals surface area contributed by atoms with Crippen molar-refractivity contribution in [3.05, 3.63) is 26.7 Å². The SMILES string of the molecule is CCCNC1CCCOc2c(Cl)cc(Cl)c(Cl)c21. The van der Waals surface area contributed by atoms with Gasteiger partial charge >= 0.3 is 0 Å². The first kappa shape index (κ1) is 14.3. The Bertz CT molecular complexity index is 437. The van der Waals surface area contributed by atoms with Crippen LogP contribution in [-0.2, 0) is 0 Å². The molecule has 0 bridgehead atoms. The van der Waals surface area contributed by atoms with Crippen molar-refractivity contribution in [3.8, 4) is 5.75 Å². The molecule has 0 spiro atoms. The minimum atomic E-state index is 0.158. The van der Waals surface area contributed by atoms with Gasteiger partial charge in [0.2, 0.25) is 0 Å². The number of hydrogen-bond acceptors (Lipinski definition) is 2. The fourth-order valence-corrected chi connectivity index (χ4v) is 2.99. The lowest BCUT2D eigenvalue weighted by Crippen LogP contribution is -2.22. The van der Waals surface area contributed by atoms with Crippen molar-refractivity contribution in [2.45, 2.75) is 32.2 Å². The number of benzene rings is 1. The molecule has 1 atom stereocenters. The molecule has 0 amide bonds. The third kappa shape index (κ3) is 2.88. The van der Waals surface area contributed by atoms with Crippen LogP contribution in [0.3, 0.4) is 0 Å². The number of halogens is 3. The second-order valence-corrected chi connectivity index (χ2v) is 5.59. The number of fused-ring (bicyclic) bond motifs is 1. The number of hydrogen-bond donors (Lipinski definition) is 1. The normalized spacial score (nSPS) is 19.0. The summed E-state index contributed by atoms with van der Waals surface area (Å²) in [6.07, 6.45) is 3.02. The van der Waals surface area contributed by atoms with E-state index in [1.54, 1.807) is 6.07 Å². The lowest BCUT2D eigenvalue weighted by atomic mass is 10.0. The summed E-state index contributed by atoms with van der Waals surface area (Å²) in [6, 6.07) is 1.80. The van der Waals surface area contributed by atoms with E-state index >= 15 is 0 Å². The van der Waals surface area contributed by atoms with Crippen LogP contribution >= 0.6 is 34.8 Å². The zero-order chi connectivity index (χ0) is 13.1. The van der Waals surface area contributed by atoms with Crippen LogP contribution < -0.4 is 10.1 Å². The zero-order valence-electron chi connectivity index (χ0n) is 10.2. The van der Waals surface area contributed by atoms with E-state index in [2.05, 4.69) is 12.2 Å². The van der Waals surface area contributed by atoms with Gasteiger partial charge in [0.05, 0.1) is 21.7 Å². The quantitative estimate of drug-likeness (QED) is 0.805. The maximum atomic E-state index is 6.32. The predicted octanol–water partition coefficient (Wildman–Crippen LogP) is 4.86. The summed E-state index contributed by atoms with van der Waals surface area (Å²) in [6.45, 7) is 3.73. The summed E-state index contributed by atoms with van der Waals surface area (Å²) in [4.78, 5) is 0. The minimum absolute atomic E-state index is 0.158. The summed E-state index contributed by atoms with van der Waals surface area (Å²) >= 11 is 18.6. The van der Waals surface area contributed by atoms with Crippen LogP contribution in [0, 0.1) is 0 Å². The molecule has 100 valence electrons. The first-order chi connectivity index (χ1) is 8.65. The zero-order valence-corrected chi connectivity index (χ0v) is 12.5. The van der Waals surface area contributed by atoms with E-state index in [0.29, 0.717) is 27.4 Å². The highest BCUT2D eigenvalue weighted by Crippen LogP contribution is 2.44. The first-order valence-corrected chi connectivity index (χ1v) is 7.32. The van der Waals surface area contributed by atoms with E-state index in [4.69, 9.17) is 39.5 Å². The molecule has 0 radical (unpaired) electrons. The van der Waals surface area contributed by atoms with Gasteiger partial charge in [-0.1, -0.05) is 41.7 Å². The molecule has 2 nitrogen and oxygen atoms in total. The van der Waals surface area contributed by atoms with Crippen LogP contribution in [0.4, 0.5) is 0 Å². The van der Waals surface area contributed by atoms with Gasteiger partial charge in [-0.3, -0.25) is 0 Å². The predicted molar refractivity (Wildman–Crippen MR) is 77.2 cm³/mol. The van der Waals surface area contributed by atoms with E-state index < -0.39 is 0 Å². The second kappa shape index (κ2) is 6.33. The molecule has 0 aliphatic carbocycles. The Labute approximate surface area is 123 Å². The number of rotatable bonds is 3. The highest BCUT2D eigenvalue weighted by Gasteiger charge is 2.26. The smallest absolute Gasteiger partial charge is 0.144 e. The third-order valence-electron chi connectivity index (χ3n) is 3.03. The minimum Gasteiger partial charge on any atom is -0.492 e. The molecule has 1 heterocycles. The number of ether oxygens (including phenoxy) is 1. The van der Waals surface area contributed by atoms with Gasteiger partial charge in [0.15, 0.2) is 0 Å². The maximum absolute atomic E-state index is 6.32. The van der Waals surface area contributed by atoms with Crippen molar-refractivity contribution in [3.63, 3.8) is 0 Å². The molecule has 0 fully saturated rings. The van der Waals surface area contributed by atoms with E-state index in [1.165, 1.54) is 0 Å². The van der Waals surface area contributed by atoms with Gasteiger partial charge in [-0.25, -0.2) is 0 Å². The van der Waals surface area contributed by atoms with E-state index in [-0.39, 0.29) is 6.04 Å². The topological polar surface area (TPSA) is 21.3 Å². The van der Waals surface area contributed by atoms with Crippen LogP contribution in [0.1, 0.15) is 37.8 Å². The summed E-state index contributed by atoms with van der Waals surface area (Å²) < 4.78 is 5.71. The van der Waals surface area contributed by atoms with Gasteiger partial charge in [0.1, 0.15) is 5.75 Å². The Hall–Kier alpha value is -0.150. The van der Waals surface area contributed by atoms with Crippen molar-refractivity contribution in [1.29, 1.82) is 0 Å². The summed E-state index contributed by atoms with van der Waals surface area (Å²) in [5.41, 5.74) is 0.903. The van der Waals surface area contributed by atoms with Gasteiger partial charge in [-0.15, -0.1) is 0 Å². The largest absolute Gasteiger partial charge is 0.492 e. The molecule has 1 aromatic rings. The molecular formula is C13H16Cl3NO. The third-order valence-corrected chi connectivity index (χ3v) is 4.12. The average molecular weight is 309 g/mol. The van der Waals surface area contributed by atoms with Gasteiger partial charge in [0, 0.05) is 11.6 Å². The lowest BCUT2D eigenvalue weighted by molar-refractivity contribution is 0.315. The Morgan fingerprint density at radius 1 is 1.33 bits per heavy atom. The Morgan fingerprint density at radius 2 is 2.11 bits per heavy atom. The molecule has 1 N–H and O–H groups in total. The van der Waals surface area contributed by atoms with Crippen LogP contribution in [0.25, 0.3) is 0 Å². The van der Waals surface area contributed by atoms with E-state index in [1.807, 2.05) is 0 Å². The van der Waals surface area contributed by atoms with Crippen molar-refractivity contribution < 1.29 is 4.74 Å². The Balaban J connectivity index is 2.44. The second-order valence-electron chi connectivity index (χ2n) is 4.39.